The Bertz CT molecular complexity index is 86.2. The van der Waals surface area contributed by atoms with Crippen LogP contribution in [0.15, 0.2) is 0 Å². The summed E-state index contributed by atoms with van der Waals surface area (Å²) in [4.78, 5) is 0. The van der Waals surface area contributed by atoms with Crippen molar-refractivity contribution in [2.24, 2.45) is 11.5 Å². The zero-order valence-corrected chi connectivity index (χ0v) is 8.21. The van der Waals surface area contributed by atoms with Gasteiger partial charge in [0.15, 0.2) is 0 Å². The molecule has 0 amide bonds. The lowest BCUT2D eigenvalue weighted by atomic mass is 10.3. The molecule has 1 radical (unpaired) electrons. The maximum atomic E-state index is 5.32. The molecule has 0 aliphatic carbocycles. The van der Waals surface area contributed by atoms with Crippen molar-refractivity contribution in [3.8, 4) is 0 Å². The van der Waals surface area contributed by atoms with E-state index in [1.54, 1.807) is 0 Å². The van der Waals surface area contributed by atoms with Crippen molar-refractivity contribution in [1.82, 2.24) is 0 Å². The first-order chi connectivity index (χ1) is 6.41. The Morgan fingerprint density at radius 3 is 1.62 bits per heavy atom. The van der Waals surface area contributed by atoms with Crippen LogP contribution in [0.1, 0.15) is 25.7 Å². The first kappa shape index (κ1) is 12.9. The maximum Gasteiger partial charge on any atom is 0.487 e. The highest BCUT2D eigenvalue weighted by atomic mass is 16.6. The Kier molecular flexibility index (Phi) is 11.8. The lowest BCUT2D eigenvalue weighted by Gasteiger charge is -2.02. The summed E-state index contributed by atoms with van der Waals surface area (Å²) in [6, 6.07) is 0. The fourth-order valence-electron chi connectivity index (χ4n) is 0.804. The van der Waals surface area contributed by atoms with Crippen LogP contribution in [0.2, 0.25) is 0 Å². The van der Waals surface area contributed by atoms with E-state index >= 15 is 0 Å². The van der Waals surface area contributed by atoms with Gasteiger partial charge in [-0.05, 0) is 38.8 Å². The molecule has 4 nitrogen and oxygen atoms in total. The predicted molar refractivity (Wildman–Crippen MR) is 54.2 cm³/mol. The molecule has 5 heteroatoms. The highest BCUT2D eigenvalue weighted by molar-refractivity contribution is 6.17. The Balaban J connectivity index is 2.76. The van der Waals surface area contributed by atoms with Gasteiger partial charge in [-0.3, -0.25) is 0 Å². The van der Waals surface area contributed by atoms with Crippen molar-refractivity contribution >= 4 is 7.69 Å². The van der Waals surface area contributed by atoms with Gasteiger partial charge in [0.25, 0.3) is 0 Å². The van der Waals surface area contributed by atoms with Crippen molar-refractivity contribution in [2.45, 2.75) is 25.7 Å². The van der Waals surface area contributed by atoms with Crippen LogP contribution in [0.25, 0.3) is 0 Å². The van der Waals surface area contributed by atoms with Crippen molar-refractivity contribution in [1.29, 1.82) is 0 Å². The van der Waals surface area contributed by atoms with E-state index < -0.39 is 0 Å². The molecule has 0 aromatic heterocycles. The van der Waals surface area contributed by atoms with Gasteiger partial charge < -0.3 is 20.8 Å². The first-order valence-electron chi connectivity index (χ1n) is 4.87. The third-order valence-electron chi connectivity index (χ3n) is 1.57. The highest BCUT2D eigenvalue weighted by Crippen LogP contribution is 1.89. The third-order valence-corrected chi connectivity index (χ3v) is 1.57. The Morgan fingerprint density at radius 2 is 1.23 bits per heavy atom. The SMILES string of the molecule is NCCCCO[B]OCCCCN. The fourth-order valence-corrected chi connectivity index (χ4v) is 0.804. The molecule has 0 aromatic carbocycles. The van der Waals surface area contributed by atoms with Crippen LogP contribution in [0, 0.1) is 0 Å². The zero-order chi connectivity index (χ0) is 9.78. The van der Waals surface area contributed by atoms with Crippen LogP contribution in [0.4, 0.5) is 0 Å². The van der Waals surface area contributed by atoms with Gasteiger partial charge in [-0.25, -0.2) is 0 Å². The minimum atomic E-state index is 0.689. The molecule has 0 aliphatic heterocycles. The summed E-state index contributed by atoms with van der Waals surface area (Å²) in [5.41, 5.74) is 10.6. The van der Waals surface area contributed by atoms with Gasteiger partial charge >= 0.3 is 7.69 Å². The largest absolute Gasteiger partial charge is 0.487 e. The fraction of sp³-hybridized carbons (Fsp3) is 1.00. The molecular formula is C8H20BN2O2. The predicted octanol–water partition coefficient (Wildman–Crippen LogP) is 0.0316. The Labute approximate surface area is 81.3 Å². The van der Waals surface area contributed by atoms with Gasteiger partial charge in [0.05, 0.1) is 0 Å². The second-order valence-electron chi connectivity index (χ2n) is 2.83. The van der Waals surface area contributed by atoms with Gasteiger partial charge in [-0.1, -0.05) is 0 Å². The van der Waals surface area contributed by atoms with Crippen molar-refractivity contribution < 1.29 is 9.31 Å². The maximum absolute atomic E-state index is 5.32. The van der Waals surface area contributed by atoms with Crippen LogP contribution in [0.5, 0.6) is 0 Å². The monoisotopic (exact) mass is 187 g/mol. The first-order valence-corrected chi connectivity index (χ1v) is 4.87. The van der Waals surface area contributed by atoms with E-state index in [4.69, 9.17) is 20.8 Å². The molecule has 0 rings (SSSR count). The van der Waals surface area contributed by atoms with Crippen LogP contribution >= 0.6 is 0 Å². The smallest absolute Gasteiger partial charge is 0.413 e. The van der Waals surface area contributed by atoms with E-state index in [-0.39, 0.29) is 0 Å². The topological polar surface area (TPSA) is 70.5 Å². The second kappa shape index (κ2) is 11.9. The van der Waals surface area contributed by atoms with Gasteiger partial charge in [0.2, 0.25) is 0 Å². The van der Waals surface area contributed by atoms with Crippen molar-refractivity contribution in [3.05, 3.63) is 0 Å². The van der Waals surface area contributed by atoms with Crippen molar-refractivity contribution in [3.63, 3.8) is 0 Å². The van der Waals surface area contributed by atoms with Crippen LogP contribution in [-0.2, 0) is 9.31 Å². The Morgan fingerprint density at radius 1 is 0.769 bits per heavy atom. The molecule has 4 N–H and O–H groups in total. The van der Waals surface area contributed by atoms with Crippen molar-refractivity contribution in [2.75, 3.05) is 26.3 Å². The van der Waals surface area contributed by atoms with E-state index in [2.05, 4.69) is 0 Å². The van der Waals surface area contributed by atoms with Crippen LogP contribution in [0.3, 0.4) is 0 Å². The Hall–Kier alpha value is -0.0951. The molecule has 0 aliphatic rings. The molecule has 0 fully saturated rings. The van der Waals surface area contributed by atoms with E-state index in [9.17, 15) is 0 Å². The van der Waals surface area contributed by atoms with Crippen LogP contribution < -0.4 is 11.5 Å². The standard InChI is InChI=1S/C8H20BN2O2/c10-5-1-3-7-12-9-13-8-4-2-6-11/h1-8,10-11H2. The van der Waals surface area contributed by atoms with E-state index in [1.165, 1.54) is 7.69 Å². The second-order valence-corrected chi connectivity index (χ2v) is 2.83. The summed E-state index contributed by atoms with van der Waals surface area (Å²) < 4.78 is 10.2. The number of hydrogen-bond donors (Lipinski definition) is 2. The van der Waals surface area contributed by atoms with Gasteiger partial charge in [-0.15, -0.1) is 0 Å². The molecule has 0 unspecified atom stereocenters. The molecule has 13 heavy (non-hydrogen) atoms. The normalized spacial score (nSPS) is 10.3. The summed E-state index contributed by atoms with van der Waals surface area (Å²) in [5.74, 6) is 0. The van der Waals surface area contributed by atoms with E-state index in [0.717, 1.165) is 38.8 Å². The zero-order valence-electron chi connectivity index (χ0n) is 8.21. The molecule has 0 saturated heterocycles. The van der Waals surface area contributed by atoms with Gasteiger partial charge in [-0.2, -0.15) is 0 Å². The number of unbranched alkanes of at least 4 members (excludes halogenated alkanes) is 2. The molecular weight excluding hydrogens is 167 g/mol. The number of rotatable bonds is 10. The molecule has 0 aromatic rings. The van der Waals surface area contributed by atoms with Crippen LogP contribution in [-0.4, -0.2) is 34.0 Å². The van der Waals surface area contributed by atoms with E-state index in [0.29, 0.717) is 13.2 Å². The molecule has 0 saturated carbocycles. The molecule has 0 spiro atoms. The quantitative estimate of drug-likeness (QED) is 0.374. The number of nitrogens with two attached hydrogens (primary N) is 2. The summed E-state index contributed by atoms with van der Waals surface area (Å²) in [6.07, 6.45) is 3.97. The average Bonchev–Trinajstić information content (AvgIpc) is 2.16. The van der Waals surface area contributed by atoms with Gasteiger partial charge in [0.1, 0.15) is 0 Å². The van der Waals surface area contributed by atoms with E-state index in [1.807, 2.05) is 0 Å². The third kappa shape index (κ3) is 11.9. The highest BCUT2D eigenvalue weighted by Gasteiger charge is 1.93. The molecule has 0 atom stereocenters. The number of hydrogen-bond acceptors (Lipinski definition) is 4. The molecule has 77 valence electrons. The summed E-state index contributed by atoms with van der Waals surface area (Å²) >= 11 is 0. The molecule has 0 heterocycles. The minimum absolute atomic E-state index is 0.689. The minimum Gasteiger partial charge on any atom is -0.413 e. The summed E-state index contributed by atoms with van der Waals surface area (Å²) in [7, 11) is 1.41. The summed E-state index contributed by atoms with van der Waals surface area (Å²) in [5, 5.41) is 0. The molecule has 0 bridgehead atoms. The lowest BCUT2D eigenvalue weighted by molar-refractivity contribution is 0.215. The van der Waals surface area contributed by atoms with Gasteiger partial charge in [0, 0.05) is 13.2 Å². The lowest BCUT2D eigenvalue weighted by Crippen LogP contribution is -2.09. The average molecular weight is 187 g/mol. The summed E-state index contributed by atoms with van der Waals surface area (Å²) in [6.45, 7) is 2.82.